The van der Waals surface area contributed by atoms with Gasteiger partial charge in [0.2, 0.25) is 0 Å². The molecule has 1 heterocycles. The topological polar surface area (TPSA) is 58.7 Å². The molecule has 0 bridgehead atoms. The van der Waals surface area contributed by atoms with Crippen LogP contribution in [0.1, 0.15) is 26.2 Å². The van der Waals surface area contributed by atoms with Crippen LogP contribution in [0.15, 0.2) is 24.3 Å². The Morgan fingerprint density at radius 3 is 2.59 bits per heavy atom. The van der Waals surface area contributed by atoms with Gasteiger partial charge in [-0.2, -0.15) is 0 Å². The van der Waals surface area contributed by atoms with Gasteiger partial charge in [-0.15, -0.1) is 0 Å². The summed E-state index contributed by atoms with van der Waals surface area (Å²) in [6.45, 7) is 1.99. The van der Waals surface area contributed by atoms with Crippen molar-refractivity contribution in [3.63, 3.8) is 0 Å². The number of hydrogen-bond acceptors (Lipinski definition) is 3. The first-order chi connectivity index (χ1) is 8.20. The molecule has 1 rings (SSSR count). The lowest BCUT2D eigenvalue weighted by atomic mass is 10.1. The van der Waals surface area contributed by atoms with Gasteiger partial charge in [0.15, 0.2) is 18.0 Å². The molecule has 1 N–H and O–H groups in total. The Morgan fingerprint density at radius 1 is 1.24 bits per heavy atom. The predicted molar refractivity (Wildman–Crippen MR) is 65.5 cm³/mol. The van der Waals surface area contributed by atoms with E-state index < -0.39 is 12.2 Å². The van der Waals surface area contributed by atoms with Gasteiger partial charge in [-0.25, -0.2) is 0 Å². The third-order valence-electron chi connectivity index (χ3n) is 2.54. The molecule has 0 radical (unpaired) electrons. The van der Waals surface area contributed by atoms with Crippen molar-refractivity contribution in [1.82, 2.24) is 5.32 Å². The Balaban J connectivity index is 2.18. The minimum Gasteiger partial charge on any atom is -0.357 e. The Bertz CT molecular complexity index is 334. The van der Waals surface area contributed by atoms with Crippen LogP contribution < -0.4 is 5.32 Å². The zero-order chi connectivity index (χ0) is 12.7. The third kappa shape index (κ3) is 4.53. The summed E-state index contributed by atoms with van der Waals surface area (Å²) in [6, 6.07) is 0. The molecule has 1 fully saturated rings. The number of epoxide rings is 1. The molecule has 0 saturated carbocycles. The first-order valence-corrected chi connectivity index (χ1v) is 5.89. The number of likely N-dealkylation sites (N-methyl/N-ethyl adjacent to an activating group) is 1. The van der Waals surface area contributed by atoms with Crippen molar-refractivity contribution in [3.8, 4) is 0 Å². The number of amides is 1. The summed E-state index contributed by atoms with van der Waals surface area (Å²) in [6.07, 6.45) is 9.24. The zero-order valence-corrected chi connectivity index (χ0v) is 10.3. The van der Waals surface area contributed by atoms with Crippen LogP contribution in [0.25, 0.3) is 0 Å². The minimum absolute atomic E-state index is 0.121. The molecule has 0 aliphatic carbocycles. The SMILES string of the molecule is CC=CCCCC=CC(=O)C1OC1C(=O)NC. The molecule has 2 unspecified atom stereocenters. The second-order valence-electron chi connectivity index (χ2n) is 3.90. The lowest BCUT2D eigenvalue weighted by Crippen LogP contribution is -2.26. The summed E-state index contributed by atoms with van der Waals surface area (Å²) in [5.41, 5.74) is 0. The highest BCUT2D eigenvalue weighted by Crippen LogP contribution is 2.23. The molecule has 0 aromatic heterocycles. The second kappa shape index (κ2) is 7.01. The van der Waals surface area contributed by atoms with Crippen LogP contribution in [-0.2, 0) is 14.3 Å². The number of hydrogen-bond donors (Lipinski definition) is 1. The summed E-state index contributed by atoms with van der Waals surface area (Å²) in [4.78, 5) is 22.6. The standard InChI is InChI=1S/C13H19NO3/c1-3-4-5-6-7-8-9-10(15)11-12(17-11)13(16)14-2/h3-4,8-9,11-12H,5-7H2,1-2H3,(H,14,16). The molecule has 1 amide bonds. The molecule has 4 nitrogen and oxygen atoms in total. The Kier molecular flexibility index (Phi) is 5.63. The Hall–Kier alpha value is -1.42. The highest BCUT2D eigenvalue weighted by Gasteiger charge is 2.48. The molecule has 94 valence electrons. The van der Waals surface area contributed by atoms with Crippen molar-refractivity contribution in [2.75, 3.05) is 7.05 Å². The van der Waals surface area contributed by atoms with Gasteiger partial charge in [0.1, 0.15) is 0 Å². The van der Waals surface area contributed by atoms with Gasteiger partial charge in [-0.05, 0) is 32.3 Å². The van der Waals surface area contributed by atoms with Gasteiger partial charge < -0.3 is 10.1 Å². The molecular weight excluding hydrogens is 218 g/mol. The Labute approximate surface area is 102 Å². The van der Waals surface area contributed by atoms with Gasteiger partial charge >= 0.3 is 0 Å². The summed E-state index contributed by atoms with van der Waals surface area (Å²) in [5, 5.41) is 2.45. The van der Waals surface area contributed by atoms with E-state index in [1.54, 1.807) is 0 Å². The molecule has 4 heteroatoms. The third-order valence-corrected chi connectivity index (χ3v) is 2.54. The number of rotatable bonds is 7. The number of ketones is 1. The molecule has 1 saturated heterocycles. The normalized spacial score (nSPS) is 23.2. The van der Waals surface area contributed by atoms with Crippen LogP contribution in [0, 0.1) is 0 Å². The fourth-order valence-electron chi connectivity index (χ4n) is 1.48. The molecule has 2 atom stereocenters. The van der Waals surface area contributed by atoms with Crippen LogP contribution in [0.4, 0.5) is 0 Å². The average molecular weight is 237 g/mol. The van der Waals surface area contributed by atoms with E-state index in [1.807, 2.05) is 19.1 Å². The van der Waals surface area contributed by atoms with Gasteiger partial charge in [0.25, 0.3) is 5.91 Å². The minimum atomic E-state index is -0.583. The summed E-state index contributed by atoms with van der Waals surface area (Å²) in [7, 11) is 1.53. The van der Waals surface area contributed by atoms with Crippen molar-refractivity contribution in [2.45, 2.75) is 38.4 Å². The smallest absolute Gasteiger partial charge is 0.252 e. The highest BCUT2D eigenvalue weighted by molar-refractivity contribution is 6.01. The fourth-order valence-corrected chi connectivity index (χ4v) is 1.48. The summed E-state index contributed by atoms with van der Waals surface area (Å²) < 4.78 is 5.00. The van der Waals surface area contributed by atoms with Crippen molar-refractivity contribution in [2.24, 2.45) is 0 Å². The Morgan fingerprint density at radius 2 is 1.94 bits per heavy atom. The van der Waals surface area contributed by atoms with Crippen LogP contribution in [0.3, 0.4) is 0 Å². The van der Waals surface area contributed by atoms with Gasteiger partial charge in [0.05, 0.1) is 0 Å². The zero-order valence-electron chi connectivity index (χ0n) is 10.3. The quantitative estimate of drug-likeness (QED) is 0.315. The van der Waals surface area contributed by atoms with E-state index in [0.29, 0.717) is 0 Å². The predicted octanol–water partition coefficient (Wildman–Crippen LogP) is 1.37. The van der Waals surface area contributed by atoms with Crippen LogP contribution >= 0.6 is 0 Å². The molecule has 0 aromatic carbocycles. The number of carbonyl (C=O) groups excluding carboxylic acids is 2. The number of ether oxygens (including phenoxy) is 1. The van der Waals surface area contributed by atoms with Crippen molar-refractivity contribution >= 4 is 11.7 Å². The van der Waals surface area contributed by atoms with Gasteiger partial charge in [-0.3, -0.25) is 9.59 Å². The lowest BCUT2D eigenvalue weighted by molar-refractivity contribution is -0.122. The van der Waals surface area contributed by atoms with Crippen molar-refractivity contribution < 1.29 is 14.3 Å². The summed E-state index contributed by atoms with van der Waals surface area (Å²) in [5.74, 6) is -0.352. The van der Waals surface area contributed by atoms with Gasteiger partial charge in [-0.1, -0.05) is 18.2 Å². The number of unbranched alkanes of at least 4 members (excludes halogenated alkanes) is 2. The van der Waals surface area contributed by atoms with Crippen LogP contribution in [-0.4, -0.2) is 30.9 Å². The fraction of sp³-hybridized carbons (Fsp3) is 0.538. The number of carbonyl (C=O) groups is 2. The van der Waals surface area contributed by atoms with Crippen molar-refractivity contribution in [1.29, 1.82) is 0 Å². The first-order valence-electron chi connectivity index (χ1n) is 5.89. The first kappa shape index (κ1) is 13.6. The monoisotopic (exact) mass is 237 g/mol. The molecule has 0 spiro atoms. The molecular formula is C13H19NO3. The molecule has 17 heavy (non-hydrogen) atoms. The highest BCUT2D eigenvalue weighted by atomic mass is 16.6. The second-order valence-corrected chi connectivity index (χ2v) is 3.90. The van der Waals surface area contributed by atoms with Crippen molar-refractivity contribution in [3.05, 3.63) is 24.3 Å². The molecule has 1 aliphatic rings. The molecule has 1 aliphatic heterocycles. The largest absolute Gasteiger partial charge is 0.357 e. The number of nitrogens with one attached hydrogen (secondary N) is 1. The lowest BCUT2D eigenvalue weighted by Gasteiger charge is -1.91. The maximum atomic E-state index is 11.5. The van der Waals surface area contributed by atoms with Crippen LogP contribution in [0.2, 0.25) is 0 Å². The summed E-state index contributed by atoms with van der Waals surface area (Å²) >= 11 is 0. The van der Waals surface area contributed by atoms with E-state index >= 15 is 0 Å². The van der Waals surface area contributed by atoms with E-state index in [1.165, 1.54) is 13.1 Å². The molecule has 0 aromatic rings. The number of allylic oxidation sites excluding steroid dienone is 3. The van der Waals surface area contributed by atoms with Gasteiger partial charge in [0, 0.05) is 7.05 Å². The van der Waals surface area contributed by atoms with E-state index in [2.05, 4.69) is 11.4 Å². The maximum absolute atomic E-state index is 11.5. The van der Waals surface area contributed by atoms with E-state index in [0.717, 1.165) is 19.3 Å². The van der Waals surface area contributed by atoms with Crippen LogP contribution in [0.5, 0.6) is 0 Å². The average Bonchev–Trinajstić information content (AvgIpc) is 3.12. The van der Waals surface area contributed by atoms with E-state index in [-0.39, 0.29) is 11.7 Å². The van der Waals surface area contributed by atoms with E-state index in [4.69, 9.17) is 4.74 Å². The maximum Gasteiger partial charge on any atom is 0.252 e. The van der Waals surface area contributed by atoms with E-state index in [9.17, 15) is 9.59 Å².